The predicted molar refractivity (Wildman–Crippen MR) is 79.9 cm³/mol. The van der Waals surface area contributed by atoms with Crippen LogP contribution < -0.4 is 5.32 Å². The van der Waals surface area contributed by atoms with Crippen molar-refractivity contribution in [2.24, 2.45) is 0 Å². The third kappa shape index (κ3) is 2.09. The lowest BCUT2D eigenvalue weighted by atomic mass is 9.88. The minimum Gasteiger partial charge on any atom is -0.375 e. The average molecular weight is 352 g/mol. The number of rotatable bonds is 3. The highest BCUT2D eigenvalue weighted by molar-refractivity contribution is 9.10. The lowest BCUT2D eigenvalue weighted by Crippen LogP contribution is -2.36. The maximum Gasteiger partial charge on any atom is 0.261 e. The summed E-state index contributed by atoms with van der Waals surface area (Å²) in [6, 6.07) is 6.81. The van der Waals surface area contributed by atoms with Gasteiger partial charge < -0.3 is 10.4 Å². The Bertz CT molecular complexity index is 698. The Morgan fingerprint density at radius 1 is 1.40 bits per heavy atom. The fraction of sp³-hybridized carbons (Fsp3) is 0.143. The van der Waals surface area contributed by atoms with Crippen LogP contribution in [0.5, 0.6) is 0 Å². The van der Waals surface area contributed by atoms with Gasteiger partial charge in [-0.05, 0) is 29.6 Å². The third-order valence-electron chi connectivity index (χ3n) is 3.31. The number of fused-ring (bicyclic) bond motifs is 1. The summed E-state index contributed by atoms with van der Waals surface area (Å²) in [6.07, 6.45) is -0.265. The van der Waals surface area contributed by atoms with E-state index in [1.165, 1.54) is 11.3 Å². The van der Waals surface area contributed by atoms with E-state index in [9.17, 15) is 14.7 Å². The molecule has 3 rings (SSSR count). The molecule has 1 aromatic heterocycles. The second kappa shape index (κ2) is 4.80. The normalized spacial score (nSPS) is 20.6. The topological polar surface area (TPSA) is 66.4 Å². The Morgan fingerprint density at radius 2 is 2.20 bits per heavy atom. The van der Waals surface area contributed by atoms with Crippen molar-refractivity contribution in [3.8, 4) is 0 Å². The molecule has 0 spiro atoms. The molecular weight excluding hydrogens is 342 g/mol. The van der Waals surface area contributed by atoms with Crippen molar-refractivity contribution in [3.63, 3.8) is 0 Å². The summed E-state index contributed by atoms with van der Waals surface area (Å²) in [5, 5.41) is 16.8. The minimum absolute atomic E-state index is 0.253. The molecule has 2 N–H and O–H groups in total. The van der Waals surface area contributed by atoms with Crippen LogP contribution in [0.15, 0.2) is 39.5 Å². The summed E-state index contributed by atoms with van der Waals surface area (Å²) < 4.78 is 0.745. The zero-order valence-electron chi connectivity index (χ0n) is 10.2. The summed E-state index contributed by atoms with van der Waals surface area (Å²) in [5.41, 5.74) is -0.322. The molecule has 1 aliphatic rings. The number of hydrogen-bond acceptors (Lipinski definition) is 4. The molecule has 0 saturated carbocycles. The fourth-order valence-corrected chi connectivity index (χ4v) is 3.27. The highest BCUT2D eigenvalue weighted by atomic mass is 79.9. The number of ketones is 1. The van der Waals surface area contributed by atoms with Gasteiger partial charge in [0.2, 0.25) is 0 Å². The van der Waals surface area contributed by atoms with Crippen LogP contribution in [0.25, 0.3) is 0 Å². The van der Waals surface area contributed by atoms with Gasteiger partial charge in [0.1, 0.15) is 0 Å². The number of Topliss-reactive ketones (excluding diaryl/α,β-unsaturated/α-hetero) is 1. The molecule has 4 nitrogen and oxygen atoms in total. The van der Waals surface area contributed by atoms with E-state index in [2.05, 4.69) is 21.2 Å². The number of carbonyl (C=O) groups is 2. The van der Waals surface area contributed by atoms with E-state index in [0.717, 1.165) is 4.47 Å². The fourth-order valence-electron chi connectivity index (χ4n) is 2.25. The first-order valence-electron chi connectivity index (χ1n) is 5.90. The summed E-state index contributed by atoms with van der Waals surface area (Å²) >= 11 is 4.71. The summed E-state index contributed by atoms with van der Waals surface area (Å²) in [4.78, 5) is 24.2. The van der Waals surface area contributed by atoms with E-state index in [1.54, 1.807) is 35.0 Å². The van der Waals surface area contributed by atoms with Crippen molar-refractivity contribution >= 4 is 44.6 Å². The van der Waals surface area contributed by atoms with Gasteiger partial charge in [0.05, 0.1) is 6.42 Å². The molecule has 0 fully saturated rings. The maximum atomic E-state index is 12.2. The van der Waals surface area contributed by atoms with Gasteiger partial charge >= 0.3 is 0 Å². The van der Waals surface area contributed by atoms with Gasteiger partial charge in [0, 0.05) is 26.7 Å². The van der Waals surface area contributed by atoms with E-state index in [4.69, 9.17) is 0 Å². The van der Waals surface area contributed by atoms with Crippen molar-refractivity contribution in [2.45, 2.75) is 12.0 Å². The lowest BCUT2D eigenvalue weighted by molar-refractivity contribution is -0.133. The van der Waals surface area contributed by atoms with Gasteiger partial charge in [-0.3, -0.25) is 9.59 Å². The second-order valence-corrected chi connectivity index (χ2v) is 6.31. The zero-order valence-corrected chi connectivity index (χ0v) is 12.6. The molecule has 0 saturated heterocycles. The number of anilines is 1. The summed E-state index contributed by atoms with van der Waals surface area (Å²) in [5.74, 6) is -0.814. The zero-order chi connectivity index (χ0) is 14.3. The highest BCUT2D eigenvalue weighted by Gasteiger charge is 2.46. The number of nitrogens with one attached hydrogen (secondary N) is 1. The van der Waals surface area contributed by atoms with Crippen molar-refractivity contribution in [2.75, 3.05) is 5.32 Å². The number of halogens is 1. The highest BCUT2D eigenvalue weighted by Crippen LogP contribution is 2.40. The van der Waals surface area contributed by atoms with Gasteiger partial charge in [-0.1, -0.05) is 15.9 Å². The van der Waals surface area contributed by atoms with Crippen molar-refractivity contribution in [1.29, 1.82) is 0 Å². The number of amides is 1. The van der Waals surface area contributed by atoms with Crippen LogP contribution in [0.4, 0.5) is 5.69 Å². The predicted octanol–water partition coefficient (Wildman–Crippen LogP) is 2.92. The summed E-state index contributed by atoms with van der Waals surface area (Å²) in [7, 11) is 0. The van der Waals surface area contributed by atoms with E-state index in [-0.39, 0.29) is 12.2 Å². The van der Waals surface area contributed by atoms with Crippen LogP contribution in [-0.2, 0) is 10.4 Å². The van der Waals surface area contributed by atoms with E-state index in [1.807, 2.05) is 0 Å². The van der Waals surface area contributed by atoms with Gasteiger partial charge in [0.15, 0.2) is 11.4 Å². The molecule has 0 bridgehead atoms. The van der Waals surface area contributed by atoms with Crippen LogP contribution in [-0.4, -0.2) is 16.8 Å². The molecule has 1 aromatic carbocycles. The van der Waals surface area contributed by atoms with Crippen molar-refractivity contribution in [1.82, 2.24) is 0 Å². The first-order chi connectivity index (χ1) is 9.50. The first-order valence-corrected chi connectivity index (χ1v) is 7.63. The molecule has 1 unspecified atom stereocenters. The molecule has 1 atom stereocenters. The standard InChI is InChI=1S/C14H10BrNO3S/c15-9-1-2-11-10(5-9)14(19,13(18)16-11)6-12(17)8-3-4-20-7-8/h1-5,7,19H,6H2,(H,16,18). The van der Waals surface area contributed by atoms with Crippen molar-refractivity contribution < 1.29 is 14.7 Å². The number of benzene rings is 1. The minimum atomic E-state index is -1.81. The maximum absolute atomic E-state index is 12.2. The number of carbonyl (C=O) groups excluding carboxylic acids is 2. The van der Waals surface area contributed by atoms with Gasteiger partial charge in [-0.2, -0.15) is 11.3 Å². The monoisotopic (exact) mass is 351 g/mol. The quantitative estimate of drug-likeness (QED) is 0.835. The molecule has 0 radical (unpaired) electrons. The number of aliphatic hydroxyl groups is 1. The lowest BCUT2D eigenvalue weighted by Gasteiger charge is -2.19. The molecule has 1 aliphatic heterocycles. The van der Waals surface area contributed by atoms with Crippen LogP contribution in [0.3, 0.4) is 0 Å². The molecule has 2 heterocycles. The van der Waals surface area contributed by atoms with Crippen molar-refractivity contribution in [3.05, 3.63) is 50.6 Å². The Hall–Kier alpha value is -1.50. The number of hydrogen-bond donors (Lipinski definition) is 2. The largest absolute Gasteiger partial charge is 0.375 e. The van der Waals surface area contributed by atoms with Crippen LogP contribution >= 0.6 is 27.3 Å². The third-order valence-corrected chi connectivity index (χ3v) is 4.49. The number of thiophene rings is 1. The van der Waals surface area contributed by atoms with Gasteiger partial charge in [0.25, 0.3) is 5.91 Å². The molecule has 2 aromatic rings. The molecule has 20 heavy (non-hydrogen) atoms. The first kappa shape index (κ1) is 13.5. The Kier molecular flexibility index (Phi) is 3.24. The molecule has 102 valence electrons. The van der Waals surface area contributed by atoms with Crippen LogP contribution in [0, 0.1) is 0 Å². The Balaban J connectivity index is 1.98. The van der Waals surface area contributed by atoms with E-state index >= 15 is 0 Å². The van der Waals surface area contributed by atoms with E-state index < -0.39 is 11.5 Å². The molecule has 0 aliphatic carbocycles. The summed E-state index contributed by atoms with van der Waals surface area (Å²) in [6.45, 7) is 0. The Morgan fingerprint density at radius 3 is 2.90 bits per heavy atom. The van der Waals surface area contributed by atoms with Crippen LogP contribution in [0.1, 0.15) is 22.3 Å². The van der Waals surface area contributed by atoms with Gasteiger partial charge in [-0.15, -0.1) is 0 Å². The molecule has 1 amide bonds. The molecule has 6 heteroatoms. The van der Waals surface area contributed by atoms with Crippen LogP contribution in [0.2, 0.25) is 0 Å². The smallest absolute Gasteiger partial charge is 0.261 e. The van der Waals surface area contributed by atoms with Gasteiger partial charge in [-0.25, -0.2) is 0 Å². The second-order valence-electron chi connectivity index (χ2n) is 4.62. The Labute approximate surface area is 127 Å². The SMILES string of the molecule is O=C(CC1(O)C(=O)Nc2ccc(Br)cc21)c1ccsc1. The molecular formula is C14H10BrNO3S. The average Bonchev–Trinajstić information content (AvgIpc) is 3.00. The van der Waals surface area contributed by atoms with E-state index in [0.29, 0.717) is 16.8 Å².